The number of fused-ring (bicyclic) bond motifs is 2. The fourth-order valence-electron chi connectivity index (χ4n) is 6.04. The van der Waals surface area contributed by atoms with E-state index in [1.807, 2.05) is 0 Å². The van der Waals surface area contributed by atoms with E-state index in [1.165, 1.54) is 11.6 Å². The van der Waals surface area contributed by atoms with Crippen LogP contribution >= 0.6 is 0 Å². The predicted molar refractivity (Wildman–Crippen MR) is 103 cm³/mol. The Morgan fingerprint density at radius 2 is 1.74 bits per heavy atom. The summed E-state index contributed by atoms with van der Waals surface area (Å²) in [6, 6.07) is 9.07. The van der Waals surface area contributed by atoms with Gasteiger partial charge >= 0.3 is 0 Å². The van der Waals surface area contributed by atoms with Crippen molar-refractivity contribution < 1.29 is 0 Å². The van der Waals surface area contributed by atoms with E-state index in [9.17, 15) is 0 Å². The molecule has 3 aliphatic rings. The van der Waals surface area contributed by atoms with E-state index in [-0.39, 0.29) is 0 Å². The second kappa shape index (κ2) is 5.34. The maximum Gasteiger partial charge on any atom is 0.0809 e. The minimum absolute atomic E-state index is 0.614. The van der Waals surface area contributed by atoms with Crippen molar-refractivity contribution >= 4 is 19.3 Å². The van der Waals surface area contributed by atoms with Crippen LogP contribution in [0.3, 0.4) is 0 Å². The normalized spacial score (nSPS) is 35.1. The van der Waals surface area contributed by atoms with E-state index in [4.69, 9.17) is 0 Å². The quantitative estimate of drug-likeness (QED) is 0.713. The highest BCUT2D eigenvalue weighted by Crippen LogP contribution is 2.55. The van der Waals surface area contributed by atoms with Gasteiger partial charge in [-0.1, -0.05) is 86.8 Å². The first-order valence-corrected chi connectivity index (χ1v) is 12.2. The standard InChI is InChI=1S/C22H28Si/c1-15-13-17-9-5-7-11-19(17)21(15)23(3,4)22-16(2)14-18-10-6-8-12-20(18)22/h5-13,15-16,18,20,22H,14H2,1-4H3. The molecule has 5 unspecified atom stereocenters. The Kier molecular flexibility index (Phi) is 3.53. The summed E-state index contributed by atoms with van der Waals surface area (Å²) in [6.07, 6.45) is 13.4. The largest absolute Gasteiger partial charge is 0.0809 e. The van der Waals surface area contributed by atoms with Crippen LogP contribution < -0.4 is 10.4 Å². The lowest BCUT2D eigenvalue weighted by atomic mass is 9.92. The van der Waals surface area contributed by atoms with Gasteiger partial charge in [-0.05, 0) is 46.1 Å². The van der Waals surface area contributed by atoms with Gasteiger partial charge in [0, 0.05) is 0 Å². The molecule has 0 amide bonds. The number of rotatable bonds is 2. The molecule has 1 heteroatoms. The molecule has 1 saturated carbocycles. The van der Waals surface area contributed by atoms with E-state index in [2.05, 4.69) is 81.6 Å². The molecule has 0 nitrogen and oxygen atoms in total. The van der Waals surface area contributed by atoms with E-state index in [0.717, 1.165) is 23.3 Å². The highest BCUT2D eigenvalue weighted by Gasteiger charge is 2.50. The van der Waals surface area contributed by atoms with Gasteiger partial charge in [0.25, 0.3) is 0 Å². The minimum atomic E-state index is -1.52. The number of hydrogen-bond acceptors (Lipinski definition) is 0. The zero-order chi connectivity index (χ0) is 16.2. The summed E-state index contributed by atoms with van der Waals surface area (Å²) in [5.41, 5.74) is 0.866. The first-order valence-electron chi connectivity index (χ1n) is 9.16. The molecule has 1 aromatic rings. The van der Waals surface area contributed by atoms with Crippen LogP contribution in [-0.4, -0.2) is 8.07 Å². The van der Waals surface area contributed by atoms with Crippen LogP contribution in [0.25, 0.3) is 11.3 Å². The van der Waals surface area contributed by atoms with Crippen molar-refractivity contribution in [1.29, 1.82) is 0 Å². The molecule has 0 spiro atoms. The molecule has 0 heterocycles. The summed E-state index contributed by atoms with van der Waals surface area (Å²) in [5.74, 6) is 3.00. The van der Waals surface area contributed by atoms with Gasteiger partial charge in [-0.3, -0.25) is 0 Å². The van der Waals surface area contributed by atoms with E-state index in [0.29, 0.717) is 5.92 Å². The molecule has 0 aliphatic heterocycles. The third kappa shape index (κ3) is 2.24. The van der Waals surface area contributed by atoms with Crippen molar-refractivity contribution in [1.82, 2.24) is 0 Å². The molecular weight excluding hydrogens is 292 g/mol. The summed E-state index contributed by atoms with van der Waals surface area (Å²) in [7, 11) is -1.52. The monoisotopic (exact) mass is 320 g/mol. The van der Waals surface area contributed by atoms with Crippen LogP contribution in [0.15, 0.2) is 48.6 Å². The lowest BCUT2D eigenvalue weighted by Crippen LogP contribution is -2.44. The van der Waals surface area contributed by atoms with Crippen molar-refractivity contribution in [2.45, 2.75) is 38.9 Å². The van der Waals surface area contributed by atoms with Crippen molar-refractivity contribution in [3.8, 4) is 0 Å². The molecule has 3 aliphatic carbocycles. The Bertz CT molecular complexity index is 796. The fourth-order valence-corrected chi connectivity index (χ4v) is 11.5. The average Bonchev–Trinajstić information content (AvgIpc) is 3.02. The van der Waals surface area contributed by atoms with Crippen molar-refractivity contribution in [2.24, 2.45) is 23.7 Å². The molecule has 0 N–H and O–H groups in total. The maximum absolute atomic E-state index is 2.64. The van der Waals surface area contributed by atoms with E-state index >= 15 is 0 Å². The molecule has 0 aromatic heterocycles. The van der Waals surface area contributed by atoms with E-state index in [1.54, 1.807) is 10.4 Å². The fraction of sp³-hybridized carbons (Fsp3) is 0.455. The first kappa shape index (κ1) is 15.2. The third-order valence-electron chi connectivity index (χ3n) is 6.63. The van der Waals surface area contributed by atoms with Crippen LogP contribution in [0.1, 0.15) is 20.3 Å². The molecule has 120 valence electrons. The van der Waals surface area contributed by atoms with Crippen LogP contribution in [-0.2, 0) is 0 Å². The summed E-state index contributed by atoms with van der Waals surface area (Å²) in [4.78, 5) is 0. The second-order valence-corrected chi connectivity index (χ2v) is 13.1. The van der Waals surface area contributed by atoms with E-state index < -0.39 is 8.07 Å². The topological polar surface area (TPSA) is 0 Å². The van der Waals surface area contributed by atoms with Crippen molar-refractivity contribution in [3.63, 3.8) is 0 Å². The maximum atomic E-state index is 2.64. The summed E-state index contributed by atoms with van der Waals surface area (Å²) < 4.78 is 0. The van der Waals surface area contributed by atoms with Gasteiger partial charge in [0.2, 0.25) is 0 Å². The molecule has 1 aromatic carbocycles. The molecule has 23 heavy (non-hydrogen) atoms. The first-order chi connectivity index (χ1) is 11.0. The molecular formula is C22H28Si. The van der Waals surface area contributed by atoms with Gasteiger partial charge in [0.05, 0.1) is 8.07 Å². The Balaban J connectivity index is 1.84. The van der Waals surface area contributed by atoms with Gasteiger partial charge in [-0.25, -0.2) is 0 Å². The smallest absolute Gasteiger partial charge is 0.0808 e. The third-order valence-corrected chi connectivity index (χ3v) is 11.4. The molecule has 1 fully saturated rings. The highest BCUT2D eigenvalue weighted by atomic mass is 28.3. The van der Waals surface area contributed by atoms with Gasteiger partial charge < -0.3 is 0 Å². The molecule has 0 radical (unpaired) electrons. The number of hydrogen-bond donors (Lipinski definition) is 0. The minimum Gasteiger partial charge on any atom is -0.0808 e. The number of benzene rings is 1. The van der Waals surface area contributed by atoms with Crippen LogP contribution in [0, 0.1) is 23.7 Å². The molecule has 0 saturated heterocycles. The molecule has 0 bridgehead atoms. The van der Waals surface area contributed by atoms with Crippen LogP contribution in [0.2, 0.25) is 18.6 Å². The van der Waals surface area contributed by atoms with Crippen LogP contribution in [0.4, 0.5) is 0 Å². The van der Waals surface area contributed by atoms with Gasteiger partial charge in [-0.15, -0.1) is 0 Å². The Morgan fingerprint density at radius 1 is 1.00 bits per heavy atom. The Hall–Kier alpha value is -1.34. The van der Waals surface area contributed by atoms with Crippen molar-refractivity contribution in [2.75, 3.05) is 0 Å². The second-order valence-electron chi connectivity index (χ2n) is 8.43. The van der Waals surface area contributed by atoms with Gasteiger partial charge in [0.1, 0.15) is 0 Å². The summed E-state index contributed by atoms with van der Waals surface area (Å²) >= 11 is 0. The zero-order valence-corrected chi connectivity index (χ0v) is 15.8. The van der Waals surface area contributed by atoms with Crippen LogP contribution in [0.5, 0.6) is 0 Å². The number of allylic oxidation sites excluding steroid dienone is 4. The Labute approximate surface area is 141 Å². The SMILES string of the molecule is CC1C=c2ccccc2=C1[Si](C)(C)C1C(C)CC2C=CC=CC21. The predicted octanol–water partition coefficient (Wildman–Crippen LogP) is 4.28. The summed E-state index contributed by atoms with van der Waals surface area (Å²) in [6.45, 7) is 10.2. The molecule has 4 rings (SSSR count). The van der Waals surface area contributed by atoms with Gasteiger partial charge in [0.15, 0.2) is 0 Å². The Morgan fingerprint density at radius 3 is 2.57 bits per heavy atom. The highest BCUT2D eigenvalue weighted by molar-refractivity contribution is 6.94. The van der Waals surface area contributed by atoms with Crippen molar-refractivity contribution in [3.05, 3.63) is 59.0 Å². The zero-order valence-electron chi connectivity index (χ0n) is 14.8. The summed E-state index contributed by atoms with van der Waals surface area (Å²) in [5, 5.41) is 4.83. The average molecular weight is 321 g/mol. The lowest BCUT2D eigenvalue weighted by molar-refractivity contribution is 0.544. The lowest BCUT2D eigenvalue weighted by Gasteiger charge is -2.40. The van der Waals surface area contributed by atoms with Gasteiger partial charge in [-0.2, -0.15) is 0 Å². The molecule has 5 atom stereocenters.